The summed E-state index contributed by atoms with van der Waals surface area (Å²) in [7, 11) is 0. The Morgan fingerprint density at radius 2 is 1.88 bits per heavy atom. The zero-order valence-corrected chi connectivity index (χ0v) is 10.4. The third-order valence-electron chi connectivity index (χ3n) is 2.57. The molecule has 0 amide bonds. The predicted molar refractivity (Wildman–Crippen MR) is 66.7 cm³/mol. The average molecular weight is 281 g/mol. The largest absolute Gasteiger partial charge is 0.457 e. The van der Waals surface area contributed by atoms with Crippen LogP contribution in [0.4, 0.5) is 0 Å². The molecule has 0 spiro atoms. The predicted octanol–water partition coefficient (Wildman–Crippen LogP) is 3.33. The number of halogens is 1. The van der Waals surface area contributed by atoms with Gasteiger partial charge in [0, 0.05) is 6.42 Å². The number of hydrogen-bond donors (Lipinski definition) is 0. The van der Waals surface area contributed by atoms with Crippen molar-refractivity contribution in [1.29, 1.82) is 0 Å². The van der Waals surface area contributed by atoms with Crippen molar-refractivity contribution in [2.24, 2.45) is 0 Å². The molecule has 3 heteroatoms. The SMILES string of the molecule is O=C(O[C@H]1CC=CC[C@@H]1Br)c1ccccc1. The van der Waals surface area contributed by atoms with Crippen molar-refractivity contribution in [2.45, 2.75) is 23.8 Å². The van der Waals surface area contributed by atoms with Crippen LogP contribution in [0, 0.1) is 0 Å². The molecule has 2 nitrogen and oxygen atoms in total. The summed E-state index contributed by atoms with van der Waals surface area (Å²) in [6.45, 7) is 0. The Labute approximate surface area is 103 Å². The van der Waals surface area contributed by atoms with Crippen LogP contribution in [0.15, 0.2) is 42.5 Å². The third kappa shape index (κ3) is 2.73. The topological polar surface area (TPSA) is 26.3 Å². The number of benzene rings is 1. The van der Waals surface area contributed by atoms with Crippen LogP contribution in [0.3, 0.4) is 0 Å². The van der Waals surface area contributed by atoms with E-state index < -0.39 is 0 Å². The molecule has 0 saturated heterocycles. The van der Waals surface area contributed by atoms with Crippen molar-refractivity contribution in [3.63, 3.8) is 0 Å². The highest BCUT2D eigenvalue weighted by Gasteiger charge is 2.23. The highest BCUT2D eigenvalue weighted by molar-refractivity contribution is 9.09. The lowest BCUT2D eigenvalue weighted by Crippen LogP contribution is -2.28. The summed E-state index contributed by atoms with van der Waals surface area (Å²) in [6.07, 6.45) is 5.80. The monoisotopic (exact) mass is 280 g/mol. The van der Waals surface area contributed by atoms with E-state index in [1.807, 2.05) is 18.2 Å². The second-order valence-corrected chi connectivity index (χ2v) is 4.94. The minimum Gasteiger partial charge on any atom is -0.457 e. The van der Waals surface area contributed by atoms with Gasteiger partial charge in [-0.25, -0.2) is 4.79 Å². The maximum Gasteiger partial charge on any atom is 0.338 e. The summed E-state index contributed by atoms with van der Waals surface area (Å²) >= 11 is 3.53. The summed E-state index contributed by atoms with van der Waals surface area (Å²) in [5, 5.41) is 0. The molecule has 2 rings (SSSR count). The molecule has 0 aliphatic heterocycles. The molecule has 0 bridgehead atoms. The van der Waals surface area contributed by atoms with E-state index >= 15 is 0 Å². The van der Waals surface area contributed by atoms with Gasteiger partial charge in [0.05, 0.1) is 10.4 Å². The molecule has 84 valence electrons. The zero-order chi connectivity index (χ0) is 11.4. The lowest BCUT2D eigenvalue weighted by Gasteiger charge is -2.23. The van der Waals surface area contributed by atoms with Crippen LogP contribution in [0.5, 0.6) is 0 Å². The van der Waals surface area contributed by atoms with E-state index in [0.29, 0.717) is 5.56 Å². The number of carbonyl (C=O) groups excluding carboxylic acids is 1. The fraction of sp³-hybridized carbons (Fsp3) is 0.308. The molecule has 0 heterocycles. The Hall–Kier alpha value is -1.09. The Morgan fingerprint density at radius 3 is 2.56 bits per heavy atom. The molecule has 1 aliphatic carbocycles. The Morgan fingerprint density at radius 1 is 1.19 bits per heavy atom. The van der Waals surface area contributed by atoms with E-state index in [-0.39, 0.29) is 16.9 Å². The van der Waals surface area contributed by atoms with Gasteiger partial charge in [-0.2, -0.15) is 0 Å². The lowest BCUT2D eigenvalue weighted by molar-refractivity contribution is 0.0300. The number of carbonyl (C=O) groups is 1. The summed E-state index contributed by atoms with van der Waals surface area (Å²) < 4.78 is 5.45. The third-order valence-corrected chi connectivity index (χ3v) is 3.53. The first kappa shape index (κ1) is 11.4. The molecule has 1 aliphatic rings. The van der Waals surface area contributed by atoms with Crippen molar-refractivity contribution >= 4 is 21.9 Å². The van der Waals surface area contributed by atoms with Gasteiger partial charge in [0.2, 0.25) is 0 Å². The Balaban J connectivity index is 2.00. The first-order chi connectivity index (χ1) is 7.77. The van der Waals surface area contributed by atoms with Crippen LogP contribution >= 0.6 is 15.9 Å². The zero-order valence-electron chi connectivity index (χ0n) is 8.80. The van der Waals surface area contributed by atoms with E-state index in [1.54, 1.807) is 12.1 Å². The van der Waals surface area contributed by atoms with Gasteiger partial charge in [-0.05, 0) is 18.6 Å². The minimum atomic E-state index is -0.245. The van der Waals surface area contributed by atoms with E-state index in [9.17, 15) is 4.79 Å². The highest BCUT2D eigenvalue weighted by Crippen LogP contribution is 2.23. The summed E-state index contributed by atoms with van der Waals surface area (Å²) in [5.41, 5.74) is 0.608. The van der Waals surface area contributed by atoms with Crippen LogP contribution < -0.4 is 0 Å². The van der Waals surface area contributed by atoms with Gasteiger partial charge in [-0.1, -0.05) is 46.3 Å². The van der Waals surface area contributed by atoms with E-state index in [0.717, 1.165) is 12.8 Å². The van der Waals surface area contributed by atoms with Crippen LogP contribution in [0.2, 0.25) is 0 Å². The van der Waals surface area contributed by atoms with Crippen LogP contribution in [-0.2, 0) is 4.74 Å². The second kappa shape index (κ2) is 5.30. The first-order valence-electron chi connectivity index (χ1n) is 5.32. The van der Waals surface area contributed by atoms with Gasteiger partial charge in [0.1, 0.15) is 6.10 Å². The highest BCUT2D eigenvalue weighted by atomic mass is 79.9. The van der Waals surface area contributed by atoms with Gasteiger partial charge >= 0.3 is 5.97 Å². The van der Waals surface area contributed by atoms with Gasteiger partial charge < -0.3 is 4.74 Å². The second-order valence-electron chi connectivity index (χ2n) is 3.77. The number of alkyl halides is 1. The molecule has 1 aromatic carbocycles. The Bertz CT molecular complexity index is 386. The molecule has 0 fully saturated rings. The summed E-state index contributed by atoms with van der Waals surface area (Å²) in [4.78, 5) is 12.0. The van der Waals surface area contributed by atoms with Gasteiger partial charge in [0.25, 0.3) is 0 Å². The van der Waals surface area contributed by atoms with Crippen molar-refractivity contribution in [1.82, 2.24) is 0 Å². The van der Waals surface area contributed by atoms with E-state index in [4.69, 9.17) is 4.74 Å². The minimum absolute atomic E-state index is 0.0577. The molecular weight excluding hydrogens is 268 g/mol. The fourth-order valence-corrected chi connectivity index (χ4v) is 2.20. The molecule has 2 atom stereocenters. The van der Waals surface area contributed by atoms with Crippen LogP contribution in [-0.4, -0.2) is 16.9 Å². The maximum absolute atomic E-state index is 11.8. The van der Waals surface area contributed by atoms with Crippen molar-refractivity contribution in [3.8, 4) is 0 Å². The molecule has 0 radical (unpaired) electrons. The molecular formula is C13H13BrO2. The molecule has 0 saturated carbocycles. The fourth-order valence-electron chi connectivity index (χ4n) is 1.66. The van der Waals surface area contributed by atoms with Crippen LogP contribution in [0.1, 0.15) is 23.2 Å². The van der Waals surface area contributed by atoms with Gasteiger partial charge in [-0.15, -0.1) is 0 Å². The first-order valence-corrected chi connectivity index (χ1v) is 6.24. The van der Waals surface area contributed by atoms with Crippen molar-refractivity contribution < 1.29 is 9.53 Å². The van der Waals surface area contributed by atoms with Crippen molar-refractivity contribution in [2.75, 3.05) is 0 Å². The normalized spacial score (nSPS) is 24.1. The average Bonchev–Trinajstić information content (AvgIpc) is 2.33. The smallest absolute Gasteiger partial charge is 0.338 e. The molecule has 0 N–H and O–H groups in total. The molecule has 0 aromatic heterocycles. The molecule has 16 heavy (non-hydrogen) atoms. The standard InChI is InChI=1S/C13H13BrO2/c14-11-8-4-5-9-12(11)16-13(15)10-6-2-1-3-7-10/h1-7,11-12H,8-9H2/t11-,12-/m0/s1. The quantitative estimate of drug-likeness (QED) is 0.472. The number of hydrogen-bond acceptors (Lipinski definition) is 2. The Kier molecular flexibility index (Phi) is 3.78. The summed E-state index contributed by atoms with van der Waals surface area (Å²) in [5.74, 6) is -0.245. The van der Waals surface area contributed by atoms with E-state index in [2.05, 4.69) is 28.1 Å². The van der Waals surface area contributed by atoms with Crippen molar-refractivity contribution in [3.05, 3.63) is 48.0 Å². The van der Waals surface area contributed by atoms with Gasteiger partial charge in [-0.3, -0.25) is 0 Å². The number of rotatable bonds is 2. The lowest BCUT2D eigenvalue weighted by atomic mass is 10.0. The summed E-state index contributed by atoms with van der Waals surface area (Å²) in [6, 6.07) is 9.09. The van der Waals surface area contributed by atoms with Gasteiger partial charge in [0.15, 0.2) is 0 Å². The molecule has 0 unspecified atom stereocenters. The molecule has 1 aromatic rings. The maximum atomic E-state index is 11.8. The number of ether oxygens (including phenoxy) is 1. The van der Waals surface area contributed by atoms with Crippen LogP contribution in [0.25, 0.3) is 0 Å². The number of allylic oxidation sites excluding steroid dienone is 1. The van der Waals surface area contributed by atoms with E-state index in [1.165, 1.54) is 0 Å². The number of esters is 1.